The van der Waals surface area contributed by atoms with Crippen molar-refractivity contribution in [1.29, 1.82) is 21.2 Å². The Morgan fingerprint density at radius 2 is 1.83 bits per heavy atom. The molecule has 3 aliphatic rings. The molecule has 2 saturated heterocycles. The maximum absolute atomic E-state index is 10.5. The second-order valence-electron chi connectivity index (χ2n) is 9.64. The molecular weight excluding hydrogens is 440 g/mol. The first-order valence-electron chi connectivity index (χ1n) is 11.9. The highest BCUT2D eigenvalue weighted by Crippen LogP contribution is 2.70. The normalized spacial score (nSPS) is 32.3. The van der Waals surface area contributed by atoms with Crippen molar-refractivity contribution in [3.63, 3.8) is 0 Å². The summed E-state index contributed by atoms with van der Waals surface area (Å²) in [5.74, 6) is -1.20. The van der Waals surface area contributed by atoms with Gasteiger partial charge in [-0.05, 0) is 42.0 Å². The van der Waals surface area contributed by atoms with Crippen molar-refractivity contribution in [2.75, 3.05) is 0 Å². The van der Waals surface area contributed by atoms with Gasteiger partial charge in [-0.2, -0.15) is 15.8 Å². The van der Waals surface area contributed by atoms with Crippen LogP contribution in [0.4, 0.5) is 0 Å². The van der Waals surface area contributed by atoms with E-state index in [4.69, 9.17) is 19.6 Å². The summed E-state index contributed by atoms with van der Waals surface area (Å²) in [6.07, 6.45) is 1.76. The maximum Gasteiger partial charge on any atom is 0.217 e. The van der Waals surface area contributed by atoms with Gasteiger partial charge in [-0.15, -0.1) is 0 Å². The predicted octanol–water partition coefficient (Wildman–Crippen LogP) is 5.41. The molecule has 1 N–H and O–H groups in total. The molecule has 5 unspecified atom stereocenters. The summed E-state index contributed by atoms with van der Waals surface area (Å²) in [6, 6.07) is 23.4. The molecule has 2 bridgehead atoms. The molecule has 35 heavy (non-hydrogen) atoms. The van der Waals surface area contributed by atoms with Crippen LogP contribution in [0.1, 0.15) is 49.8 Å². The van der Waals surface area contributed by atoms with Crippen LogP contribution in [0.2, 0.25) is 0 Å². The lowest BCUT2D eigenvalue weighted by atomic mass is 9.50. The Bertz CT molecular complexity index is 1260. The fourth-order valence-electron chi connectivity index (χ4n) is 6.10. The molecule has 2 aromatic rings. The van der Waals surface area contributed by atoms with Gasteiger partial charge in [0.2, 0.25) is 17.1 Å². The van der Waals surface area contributed by atoms with Crippen LogP contribution in [-0.4, -0.2) is 11.7 Å². The Morgan fingerprint density at radius 1 is 1.06 bits per heavy atom. The summed E-state index contributed by atoms with van der Waals surface area (Å²) in [5, 5.41) is 40.1. The van der Waals surface area contributed by atoms with E-state index in [9.17, 15) is 15.8 Å². The summed E-state index contributed by atoms with van der Waals surface area (Å²) < 4.78 is 18.5. The highest BCUT2D eigenvalue weighted by Gasteiger charge is 2.80. The van der Waals surface area contributed by atoms with Crippen LogP contribution >= 0.6 is 0 Å². The molecule has 0 spiro atoms. The molecule has 7 nitrogen and oxygen atoms in total. The number of benzene rings is 2. The molecule has 7 heteroatoms. The topological polar surface area (TPSA) is 123 Å². The molecule has 5 rings (SSSR count). The second kappa shape index (κ2) is 8.42. The van der Waals surface area contributed by atoms with Gasteiger partial charge in [0, 0.05) is 6.42 Å². The average Bonchev–Trinajstić information content (AvgIpc) is 3.11. The van der Waals surface area contributed by atoms with E-state index >= 15 is 0 Å². The van der Waals surface area contributed by atoms with Crippen molar-refractivity contribution in [2.24, 2.45) is 22.7 Å². The van der Waals surface area contributed by atoms with Gasteiger partial charge in [-0.1, -0.05) is 55.8 Å². The first kappa shape index (κ1) is 22.9. The zero-order valence-corrected chi connectivity index (χ0v) is 19.5. The van der Waals surface area contributed by atoms with E-state index in [0.717, 1.165) is 18.4 Å². The minimum atomic E-state index is -1.95. The van der Waals surface area contributed by atoms with E-state index in [2.05, 4.69) is 25.1 Å². The summed E-state index contributed by atoms with van der Waals surface area (Å²) in [4.78, 5) is 0. The molecule has 2 aliphatic heterocycles. The average molecular weight is 467 g/mol. The van der Waals surface area contributed by atoms with Crippen molar-refractivity contribution >= 4 is 5.90 Å². The molecule has 0 aromatic heterocycles. The minimum absolute atomic E-state index is 0.320. The van der Waals surface area contributed by atoms with Crippen LogP contribution in [0.3, 0.4) is 0 Å². The smallest absolute Gasteiger partial charge is 0.217 e. The number of ether oxygens (including phenoxy) is 3. The Morgan fingerprint density at radius 3 is 2.51 bits per heavy atom. The van der Waals surface area contributed by atoms with Gasteiger partial charge in [0.15, 0.2) is 5.41 Å². The molecule has 176 valence electrons. The van der Waals surface area contributed by atoms with Crippen molar-refractivity contribution in [3.8, 4) is 24.0 Å². The van der Waals surface area contributed by atoms with Crippen LogP contribution in [0.15, 0.2) is 54.6 Å². The lowest BCUT2D eigenvalue weighted by Crippen LogP contribution is -2.61. The van der Waals surface area contributed by atoms with Gasteiger partial charge in [0.05, 0.1) is 24.1 Å². The zero-order valence-electron chi connectivity index (χ0n) is 19.5. The molecule has 2 aromatic carbocycles. The second-order valence-corrected chi connectivity index (χ2v) is 9.64. The molecule has 1 saturated carbocycles. The largest absolute Gasteiger partial charge is 0.489 e. The number of nitriles is 3. The SMILES string of the molecule is CCC1CCC23OC(=N)C(C#N)(C2C1)C(C#N)(C#N)C(c1cccc(OCc2ccccc2)c1)O3. The summed E-state index contributed by atoms with van der Waals surface area (Å²) in [7, 11) is 0. The number of hydrogen-bond acceptors (Lipinski definition) is 7. The fourth-order valence-corrected chi connectivity index (χ4v) is 6.10. The zero-order chi connectivity index (χ0) is 24.7. The maximum atomic E-state index is 10.5. The molecular formula is C28H26N4O3. The molecule has 3 fully saturated rings. The first-order valence-corrected chi connectivity index (χ1v) is 11.9. The Hall–Kier alpha value is -3.86. The van der Waals surface area contributed by atoms with Crippen molar-refractivity contribution in [1.82, 2.24) is 0 Å². The molecule has 5 atom stereocenters. The van der Waals surface area contributed by atoms with Gasteiger partial charge in [-0.25, -0.2) is 0 Å². The van der Waals surface area contributed by atoms with E-state index in [1.165, 1.54) is 0 Å². The minimum Gasteiger partial charge on any atom is -0.489 e. The monoisotopic (exact) mass is 466 g/mol. The number of nitrogens with one attached hydrogen (secondary N) is 1. The Kier molecular flexibility index (Phi) is 5.51. The van der Waals surface area contributed by atoms with Gasteiger partial charge in [0.1, 0.15) is 18.5 Å². The number of nitrogens with zero attached hydrogens (tertiary/aromatic N) is 3. The summed E-state index contributed by atoms with van der Waals surface area (Å²) in [5.41, 5.74) is -2.11. The van der Waals surface area contributed by atoms with E-state index < -0.39 is 28.6 Å². The standard InChI is InChI=1S/C28H26N4O3/c1-2-19-11-12-28-23(13-19)27(18-31,25(32)35-28)26(16-29,17-30)24(34-28)21-9-6-10-22(14-21)33-15-20-7-4-3-5-8-20/h3-10,14,19,23-24,32H,2,11-13,15H2,1H3. The Labute approximate surface area is 205 Å². The molecule has 2 heterocycles. The van der Waals surface area contributed by atoms with E-state index in [1.54, 1.807) is 24.3 Å². The summed E-state index contributed by atoms with van der Waals surface area (Å²) >= 11 is 0. The molecule has 0 radical (unpaired) electrons. The lowest BCUT2D eigenvalue weighted by Gasteiger charge is -2.52. The molecule has 1 aliphatic carbocycles. The van der Waals surface area contributed by atoms with Crippen LogP contribution in [0.5, 0.6) is 5.75 Å². The number of hydrogen-bond donors (Lipinski definition) is 1. The van der Waals surface area contributed by atoms with E-state index in [0.29, 0.717) is 36.7 Å². The number of rotatable bonds is 5. The summed E-state index contributed by atoms with van der Waals surface area (Å²) in [6.45, 7) is 2.45. The van der Waals surface area contributed by atoms with Crippen molar-refractivity contribution in [2.45, 2.75) is 51.1 Å². The van der Waals surface area contributed by atoms with E-state index in [1.807, 2.05) is 30.3 Å². The van der Waals surface area contributed by atoms with Gasteiger partial charge in [0.25, 0.3) is 0 Å². The third kappa shape index (κ3) is 3.14. The van der Waals surface area contributed by atoms with Crippen LogP contribution in [0.25, 0.3) is 0 Å². The quantitative estimate of drug-likeness (QED) is 0.628. The lowest BCUT2D eigenvalue weighted by molar-refractivity contribution is -0.299. The van der Waals surface area contributed by atoms with Gasteiger partial charge < -0.3 is 14.2 Å². The highest BCUT2D eigenvalue weighted by molar-refractivity contribution is 5.89. The van der Waals surface area contributed by atoms with Crippen molar-refractivity contribution in [3.05, 3.63) is 65.7 Å². The predicted molar refractivity (Wildman–Crippen MR) is 125 cm³/mol. The highest BCUT2D eigenvalue weighted by atomic mass is 16.7. The first-order chi connectivity index (χ1) is 17.0. The van der Waals surface area contributed by atoms with Crippen LogP contribution < -0.4 is 4.74 Å². The fraction of sp³-hybridized carbons (Fsp3) is 0.429. The molecule has 0 amide bonds. The third-order valence-corrected chi connectivity index (χ3v) is 8.00. The van der Waals surface area contributed by atoms with E-state index in [-0.39, 0.29) is 5.90 Å². The van der Waals surface area contributed by atoms with Crippen LogP contribution in [-0.2, 0) is 16.1 Å². The third-order valence-electron chi connectivity index (χ3n) is 8.00. The Balaban J connectivity index is 1.57. The van der Waals surface area contributed by atoms with Crippen LogP contribution in [0, 0.1) is 62.1 Å². The van der Waals surface area contributed by atoms with Crippen molar-refractivity contribution < 1.29 is 14.2 Å². The van der Waals surface area contributed by atoms with Gasteiger partial charge >= 0.3 is 0 Å². The van der Waals surface area contributed by atoms with Gasteiger partial charge in [-0.3, -0.25) is 5.41 Å².